The first-order valence-corrected chi connectivity index (χ1v) is 45.5. The number of hydrogen-bond acceptors (Lipinski definition) is 12. The number of ether oxygens (including phenoxy) is 2. The van der Waals surface area contributed by atoms with Crippen LogP contribution in [0, 0.1) is 0 Å². The van der Waals surface area contributed by atoms with E-state index in [4.69, 9.17) is 20.9 Å². The van der Waals surface area contributed by atoms with E-state index in [-0.39, 0.29) is 79.3 Å². The van der Waals surface area contributed by atoms with E-state index in [9.17, 15) is 109 Å². The molecule has 0 unspecified atom stereocenters. The summed E-state index contributed by atoms with van der Waals surface area (Å²) in [5.74, 6) is -5.58. The number of benzene rings is 16. The van der Waals surface area contributed by atoms with Gasteiger partial charge in [-0.15, -0.1) is 0 Å². The van der Waals surface area contributed by atoms with Crippen LogP contribution in [0.4, 0.5) is 64.1 Å². The summed E-state index contributed by atoms with van der Waals surface area (Å²) in [6.07, 6.45) is -15.6. The fraction of sp³-hybridized carbons (Fsp3) is 0.111. The van der Waals surface area contributed by atoms with E-state index in [1.807, 2.05) is 91.0 Å². The van der Waals surface area contributed by atoms with E-state index >= 15 is 0 Å². The summed E-state index contributed by atoms with van der Waals surface area (Å²) < 4.78 is 219. The average molecular weight is 1920 g/mol. The Kier molecular flexibility index (Phi) is 30.9. The van der Waals surface area contributed by atoms with Crippen LogP contribution in [0.3, 0.4) is 0 Å². The lowest BCUT2D eigenvalue weighted by atomic mass is 9.96. The molecule has 0 radical (unpaired) electrons. The summed E-state index contributed by atoms with van der Waals surface area (Å²) >= 11 is 0. The molecule has 0 heterocycles. The monoisotopic (exact) mass is 1920 g/mol. The largest absolute Gasteiger partial charge is 0.489 e. The molecule has 30 heteroatoms. The van der Waals surface area contributed by atoms with Gasteiger partial charge in [-0.3, -0.25) is 0 Å². The Hall–Kier alpha value is -15.8. The SMILES string of the molecule is Nc1ccc(-c2ccc(CCc3cccc(C(F)(F)F)c3)cc2)cc1C(=O)O.Nc1ccc(-c2ccccc2COc2cccc(C(F)(F)F)c2)cc1C(=O)O.O=C(O)c1cc(-c2ccc(CCc3cccc(C(F)(F)F)c3)cc2)ccc1CS(=O)(=O)c1ccc2ccccc2c1.O=C(O)c1cc(-c2ccccc2COc2cccc(C(F)(F)F)c2)ccc1CS(=O)(=O)c1ccc2ccccc2c1. The van der Waals surface area contributed by atoms with Gasteiger partial charge < -0.3 is 41.4 Å². The van der Waals surface area contributed by atoms with Gasteiger partial charge in [-0.25, -0.2) is 36.0 Å². The number of carbonyl (C=O) groups is 4. The first-order valence-electron chi connectivity index (χ1n) is 42.2. The van der Waals surface area contributed by atoms with Crippen LogP contribution in [0.15, 0.2) is 362 Å². The summed E-state index contributed by atoms with van der Waals surface area (Å²) in [5, 5.41) is 41.6. The Balaban J connectivity index is 0.000000158. The highest BCUT2D eigenvalue weighted by molar-refractivity contribution is 7.91. The Labute approximate surface area is 783 Å². The zero-order valence-corrected chi connectivity index (χ0v) is 74.2. The number of halogens is 12. The smallest absolute Gasteiger partial charge is 0.416 e. The maximum atomic E-state index is 13.3. The molecule has 16 aromatic carbocycles. The van der Waals surface area contributed by atoms with Crippen molar-refractivity contribution >= 4 is 76.5 Å². The van der Waals surface area contributed by atoms with Crippen LogP contribution in [0.5, 0.6) is 11.5 Å². The maximum absolute atomic E-state index is 13.3. The van der Waals surface area contributed by atoms with Crippen LogP contribution >= 0.6 is 0 Å². The van der Waals surface area contributed by atoms with Crippen LogP contribution < -0.4 is 20.9 Å². The van der Waals surface area contributed by atoms with Gasteiger partial charge in [-0.2, -0.15) is 52.7 Å². The van der Waals surface area contributed by atoms with Gasteiger partial charge in [0.25, 0.3) is 0 Å². The van der Waals surface area contributed by atoms with Crippen molar-refractivity contribution in [3.05, 3.63) is 441 Å². The molecular weight excluding hydrogens is 1840 g/mol. The van der Waals surface area contributed by atoms with Crippen molar-refractivity contribution < 1.29 is 119 Å². The van der Waals surface area contributed by atoms with Crippen LogP contribution in [-0.4, -0.2) is 61.1 Å². The molecule has 0 aliphatic heterocycles. The van der Waals surface area contributed by atoms with Crippen molar-refractivity contribution in [3.63, 3.8) is 0 Å². The molecule has 0 aromatic heterocycles. The summed E-state index contributed by atoms with van der Waals surface area (Å²) in [6.45, 7) is -0.0533. The summed E-state index contributed by atoms with van der Waals surface area (Å²) in [7, 11) is -7.67. The van der Waals surface area contributed by atoms with Crippen LogP contribution in [0.1, 0.15) is 108 Å². The number of fused-ring (bicyclic) bond motifs is 2. The topological polar surface area (TPSA) is 288 Å². The summed E-state index contributed by atoms with van der Waals surface area (Å²) in [4.78, 5) is 47.0. The third-order valence-corrected chi connectivity index (χ3v) is 25.7. The minimum Gasteiger partial charge on any atom is -0.489 e. The zero-order chi connectivity index (χ0) is 99.0. The third kappa shape index (κ3) is 26.0. The molecule has 8 N–H and O–H groups in total. The van der Waals surface area contributed by atoms with Crippen LogP contribution in [-0.2, 0) is 94.8 Å². The second-order valence-electron chi connectivity index (χ2n) is 31.8. The number of carboxylic acid groups (broad SMARTS) is 4. The van der Waals surface area contributed by atoms with Gasteiger partial charge in [-0.05, 0) is 245 Å². The normalized spacial score (nSPS) is 11.7. The predicted octanol–water partition coefficient (Wildman–Crippen LogP) is 26.4. The van der Waals surface area contributed by atoms with E-state index in [2.05, 4.69) is 0 Å². The molecule has 16 rings (SSSR count). The number of sulfone groups is 2. The van der Waals surface area contributed by atoms with Gasteiger partial charge in [0.2, 0.25) is 0 Å². The van der Waals surface area contributed by atoms with Crippen molar-refractivity contribution in [2.24, 2.45) is 0 Å². The Bertz CT molecular complexity index is 7440. The second-order valence-corrected chi connectivity index (χ2v) is 35.8. The fourth-order valence-electron chi connectivity index (χ4n) is 15.1. The lowest BCUT2D eigenvalue weighted by molar-refractivity contribution is -0.138. The zero-order valence-electron chi connectivity index (χ0n) is 72.5. The van der Waals surface area contributed by atoms with Gasteiger partial charge in [0, 0.05) is 11.4 Å². The molecule has 0 saturated heterocycles. The molecular formula is C108H82F12N2O14S2. The fourth-order valence-corrected chi connectivity index (χ4v) is 17.9. The first-order chi connectivity index (χ1) is 65.5. The van der Waals surface area contributed by atoms with E-state index in [1.54, 1.807) is 121 Å². The first kappa shape index (κ1) is 99.7. The van der Waals surface area contributed by atoms with E-state index in [1.165, 1.54) is 97.1 Å². The molecule has 0 bridgehead atoms. The minimum atomic E-state index is -4.51. The highest BCUT2D eigenvalue weighted by Crippen LogP contribution is 2.39. The van der Waals surface area contributed by atoms with Crippen molar-refractivity contribution in [2.45, 2.75) is 84.9 Å². The van der Waals surface area contributed by atoms with Gasteiger partial charge in [0.1, 0.15) is 24.7 Å². The Morgan fingerprint density at radius 1 is 0.261 bits per heavy atom. The molecule has 0 aliphatic rings. The van der Waals surface area contributed by atoms with E-state index in [0.29, 0.717) is 75.8 Å². The molecule has 704 valence electrons. The van der Waals surface area contributed by atoms with Gasteiger partial charge in [-0.1, -0.05) is 243 Å². The Morgan fingerprint density at radius 2 is 0.558 bits per heavy atom. The van der Waals surface area contributed by atoms with Crippen LogP contribution in [0.25, 0.3) is 66.1 Å². The van der Waals surface area contributed by atoms with Crippen LogP contribution in [0.2, 0.25) is 0 Å². The predicted molar refractivity (Wildman–Crippen MR) is 503 cm³/mol. The number of nitrogen functional groups attached to an aromatic ring is 2. The molecule has 0 fully saturated rings. The average Bonchev–Trinajstić information content (AvgIpc) is 0.788. The molecule has 138 heavy (non-hydrogen) atoms. The maximum Gasteiger partial charge on any atom is 0.416 e. The third-order valence-electron chi connectivity index (χ3n) is 22.4. The molecule has 0 spiro atoms. The summed E-state index contributed by atoms with van der Waals surface area (Å²) in [5.41, 5.74) is 18.6. The minimum absolute atomic E-state index is 0.0181. The van der Waals surface area contributed by atoms with Crippen molar-refractivity contribution in [1.82, 2.24) is 0 Å². The van der Waals surface area contributed by atoms with E-state index in [0.717, 1.165) is 91.8 Å². The number of carboxylic acids is 4. The number of aromatic carboxylic acids is 4. The summed E-state index contributed by atoms with van der Waals surface area (Å²) in [6, 6.07) is 91.7. The van der Waals surface area contributed by atoms with Crippen molar-refractivity contribution in [3.8, 4) is 56.0 Å². The van der Waals surface area contributed by atoms with Crippen molar-refractivity contribution in [2.75, 3.05) is 11.5 Å². The van der Waals surface area contributed by atoms with Gasteiger partial charge in [0.05, 0.1) is 65.8 Å². The lowest BCUT2D eigenvalue weighted by Gasteiger charge is -2.15. The number of nitrogens with two attached hydrogens (primary N) is 2. The number of rotatable bonds is 26. The highest BCUT2D eigenvalue weighted by Gasteiger charge is 2.35. The van der Waals surface area contributed by atoms with Crippen molar-refractivity contribution in [1.29, 1.82) is 0 Å². The number of aryl methyl sites for hydroxylation is 4. The molecule has 16 aromatic rings. The van der Waals surface area contributed by atoms with Gasteiger partial charge in [0.15, 0.2) is 19.7 Å². The second kappa shape index (κ2) is 42.8. The lowest BCUT2D eigenvalue weighted by Crippen LogP contribution is -2.10. The highest BCUT2D eigenvalue weighted by atomic mass is 32.2. The number of hydrogen-bond donors (Lipinski definition) is 6. The molecule has 0 aliphatic carbocycles. The number of alkyl halides is 12. The van der Waals surface area contributed by atoms with Gasteiger partial charge >= 0.3 is 48.6 Å². The Morgan fingerprint density at radius 3 is 0.935 bits per heavy atom. The van der Waals surface area contributed by atoms with E-state index < -0.39 is 102 Å². The number of anilines is 2. The molecule has 0 atom stereocenters. The molecule has 0 amide bonds. The quantitative estimate of drug-likeness (QED) is 0.0217. The standard InChI is InChI=1S/C33H25F3O4S.C32H23F3O5S.C22H18F3NO2.C21H16F3NO3/c34-33(35,36)29-7-3-4-23(18-29)9-8-22-10-12-25(13-11-22)27-14-15-28(31(20-27)32(37)38)21-41(39,40)30-17-16-24-5-1-2-6-26(24)19-30;33-32(34,35)26-9-5-10-27(18-26)40-19-24-8-3-4-11-29(24)23-12-13-25(30(17-23)31(36)37)20-41(38,39)28-15-14-21-6-1-2-7-22(21)16-28;23-22(24,25)18-3-1-2-15(12-18)5-4-14-6-8-16(9-7-14)17-10-11-20(26)19(13-17)21(27)28;22-21(23,24)15-5-3-6-16(11-15)28-12-14-4-1-2-7-17(14)13-8-9-19(25)18(10-13)20(26)27/h1-7,10-20H,8-9,21H2,(H,37,38);1-18H,19-20H2,(H,36,37);1-3,6-13H,4-5,26H2,(H,27,28);1-11H,12,25H2,(H,26,27). The molecule has 0 saturated carbocycles. The molecule has 16 nitrogen and oxygen atoms in total.